The second-order valence-electron chi connectivity index (χ2n) is 7.38. The van der Waals surface area contributed by atoms with Crippen molar-refractivity contribution in [1.29, 1.82) is 0 Å². The molecule has 3 rings (SSSR count). The summed E-state index contributed by atoms with van der Waals surface area (Å²) in [6, 6.07) is 5.70. The van der Waals surface area contributed by atoms with Gasteiger partial charge in [0.2, 0.25) is 5.91 Å². The number of rotatable bonds is 11. The lowest BCUT2D eigenvalue weighted by atomic mass is 10.1. The number of esters is 1. The maximum Gasteiger partial charge on any atom is 0.348 e. The van der Waals surface area contributed by atoms with Crippen molar-refractivity contribution >= 4 is 33.4 Å². The minimum Gasteiger partial charge on any atom is -0.490 e. The molecule has 2 aromatic heterocycles. The molecule has 1 N–H and O–H groups in total. The summed E-state index contributed by atoms with van der Waals surface area (Å²) in [5.41, 5.74) is 1.15. The van der Waals surface area contributed by atoms with Gasteiger partial charge in [0.25, 0.3) is 5.56 Å². The van der Waals surface area contributed by atoms with Crippen LogP contribution >= 0.6 is 11.3 Å². The number of nitrogens with one attached hydrogen (secondary N) is 1. The summed E-state index contributed by atoms with van der Waals surface area (Å²) in [6.45, 7) is 8.77. The van der Waals surface area contributed by atoms with E-state index in [0.717, 1.165) is 16.9 Å². The molecule has 0 saturated heterocycles. The van der Waals surface area contributed by atoms with Crippen LogP contribution in [0.25, 0.3) is 10.2 Å². The quantitative estimate of drug-likeness (QED) is 0.414. The van der Waals surface area contributed by atoms with E-state index in [1.165, 1.54) is 10.9 Å². The van der Waals surface area contributed by atoms with Gasteiger partial charge in [-0.25, -0.2) is 9.78 Å². The van der Waals surface area contributed by atoms with E-state index in [1.807, 2.05) is 32.0 Å². The first kappa shape index (κ1) is 25.2. The molecular formula is C24H29N3O6S. The molecule has 0 bridgehead atoms. The Hall–Kier alpha value is -3.40. The zero-order chi connectivity index (χ0) is 24.7. The Morgan fingerprint density at radius 2 is 1.82 bits per heavy atom. The van der Waals surface area contributed by atoms with Gasteiger partial charge in [0.05, 0.1) is 31.5 Å². The Kier molecular flexibility index (Phi) is 8.64. The lowest BCUT2D eigenvalue weighted by molar-refractivity contribution is -0.121. The molecule has 3 aromatic rings. The summed E-state index contributed by atoms with van der Waals surface area (Å²) < 4.78 is 17.5. The van der Waals surface area contributed by atoms with Crippen molar-refractivity contribution in [3.63, 3.8) is 0 Å². The first-order valence-corrected chi connectivity index (χ1v) is 12.0. The number of thiophene rings is 1. The van der Waals surface area contributed by atoms with E-state index < -0.39 is 5.97 Å². The van der Waals surface area contributed by atoms with Crippen LogP contribution in [0.4, 0.5) is 0 Å². The second-order valence-corrected chi connectivity index (χ2v) is 8.38. The fourth-order valence-corrected chi connectivity index (χ4v) is 4.50. The molecule has 9 nitrogen and oxygen atoms in total. The van der Waals surface area contributed by atoms with E-state index in [2.05, 4.69) is 10.3 Å². The molecule has 34 heavy (non-hydrogen) atoms. The largest absolute Gasteiger partial charge is 0.490 e. The predicted octanol–water partition coefficient (Wildman–Crippen LogP) is 3.10. The molecular weight excluding hydrogens is 458 g/mol. The summed E-state index contributed by atoms with van der Waals surface area (Å²) in [7, 11) is 0. The smallest absolute Gasteiger partial charge is 0.348 e. The van der Waals surface area contributed by atoms with Gasteiger partial charge in [0, 0.05) is 6.54 Å². The first-order chi connectivity index (χ1) is 16.4. The number of hydrogen-bond donors (Lipinski definition) is 1. The van der Waals surface area contributed by atoms with Gasteiger partial charge in [-0.3, -0.25) is 14.2 Å². The van der Waals surface area contributed by atoms with Crippen molar-refractivity contribution in [2.75, 3.05) is 26.4 Å². The summed E-state index contributed by atoms with van der Waals surface area (Å²) >= 11 is 1.11. The number of amides is 1. The first-order valence-electron chi connectivity index (χ1n) is 11.2. The number of carbonyl (C=O) groups excluding carboxylic acids is 2. The van der Waals surface area contributed by atoms with Crippen LogP contribution in [0.2, 0.25) is 0 Å². The van der Waals surface area contributed by atoms with Gasteiger partial charge in [-0.2, -0.15) is 0 Å². The molecule has 0 aliphatic heterocycles. The number of carbonyl (C=O) groups is 2. The van der Waals surface area contributed by atoms with Crippen LogP contribution in [0.3, 0.4) is 0 Å². The highest BCUT2D eigenvalue weighted by Crippen LogP contribution is 2.29. The molecule has 0 aliphatic rings. The highest BCUT2D eigenvalue weighted by Gasteiger charge is 2.20. The standard InChI is InChI=1S/C24H29N3O6S/c1-5-31-17-9-8-16(12-18(17)32-6-2)10-11-25-19(28)13-27-14-26-22-20(23(27)29)15(4)21(34-22)24(30)33-7-3/h8-9,12,14H,5-7,10-11,13H2,1-4H3,(H,25,28). The molecule has 2 heterocycles. The van der Waals surface area contributed by atoms with Crippen LogP contribution in [0.15, 0.2) is 29.3 Å². The predicted molar refractivity (Wildman–Crippen MR) is 130 cm³/mol. The number of fused-ring (bicyclic) bond motifs is 1. The average molecular weight is 488 g/mol. The number of aryl methyl sites for hydroxylation is 1. The maximum absolute atomic E-state index is 12.9. The summed E-state index contributed by atoms with van der Waals surface area (Å²) in [5, 5.41) is 3.17. The van der Waals surface area contributed by atoms with E-state index >= 15 is 0 Å². The highest BCUT2D eigenvalue weighted by atomic mass is 32.1. The molecule has 0 atom stereocenters. The van der Waals surface area contributed by atoms with E-state index in [4.69, 9.17) is 14.2 Å². The zero-order valence-corrected chi connectivity index (χ0v) is 20.6. The molecule has 0 fully saturated rings. The minimum absolute atomic E-state index is 0.167. The third-order valence-electron chi connectivity index (χ3n) is 5.04. The summed E-state index contributed by atoms with van der Waals surface area (Å²) in [4.78, 5) is 42.6. The molecule has 0 spiro atoms. The summed E-state index contributed by atoms with van der Waals surface area (Å²) in [6.07, 6.45) is 1.92. The fourth-order valence-electron chi connectivity index (χ4n) is 3.47. The number of benzene rings is 1. The van der Waals surface area contributed by atoms with Crippen molar-refractivity contribution in [2.24, 2.45) is 0 Å². The fraction of sp³-hybridized carbons (Fsp3) is 0.417. The van der Waals surface area contributed by atoms with Crippen molar-refractivity contribution < 1.29 is 23.8 Å². The minimum atomic E-state index is -0.478. The molecule has 0 radical (unpaired) electrons. The topological polar surface area (TPSA) is 109 Å². The Labute approximate surface area is 201 Å². The lowest BCUT2D eigenvalue weighted by Gasteiger charge is -2.13. The third kappa shape index (κ3) is 5.74. The van der Waals surface area contributed by atoms with Crippen LogP contribution in [0.5, 0.6) is 11.5 Å². The third-order valence-corrected chi connectivity index (χ3v) is 6.22. The van der Waals surface area contributed by atoms with Crippen molar-refractivity contribution in [1.82, 2.24) is 14.9 Å². The normalized spacial score (nSPS) is 10.8. The maximum atomic E-state index is 12.9. The number of nitrogens with zero attached hydrogens (tertiary/aromatic N) is 2. The zero-order valence-electron chi connectivity index (χ0n) is 19.8. The van der Waals surface area contributed by atoms with Crippen LogP contribution in [-0.2, 0) is 22.5 Å². The Balaban J connectivity index is 1.65. The Bertz CT molecular complexity index is 1230. The van der Waals surface area contributed by atoms with Crippen LogP contribution in [-0.4, -0.2) is 47.8 Å². The van der Waals surface area contributed by atoms with Gasteiger partial charge in [-0.15, -0.1) is 11.3 Å². The molecule has 1 aromatic carbocycles. The Morgan fingerprint density at radius 3 is 2.53 bits per heavy atom. The van der Waals surface area contributed by atoms with Crippen molar-refractivity contribution in [3.05, 3.63) is 50.9 Å². The van der Waals surface area contributed by atoms with Gasteiger partial charge in [0.1, 0.15) is 16.3 Å². The SMILES string of the molecule is CCOC(=O)c1sc2ncn(CC(=O)NCCc3ccc(OCC)c(OCC)c3)c(=O)c2c1C. The van der Waals surface area contributed by atoms with Crippen molar-refractivity contribution in [3.8, 4) is 11.5 Å². The average Bonchev–Trinajstić information content (AvgIpc) is 3.15. The van der Waals surface area contributed by atoms with Gasteiger partial charge in [0.15, 0.2) is 11.5 Å². The summed E-state index contributed by atoms with van der Waals surface area (Å²) in [5.74, 6) is 0.577. The molecule has 0 aliphatic carbocycles. The molecule has 0 unspecified atom stereocenters. The van der Waals surface area contributed by atoms with Crippen molar-refractivity contribution in [2.45, 2.75) is 40.7 Å². The second kappa shape index (κ2) is 11.6. The molecule has 1 amide bonds. The highest BCUT2D eigenvalue weighted by molar-refractivity contribution is 7.20. The van der Waals surface area contributed by atoms with Gasteiger partial charge >= 0.3 is 5.97 Å². The van der Waals surface area contributed by atoms with Crippen LogP contribution in [0, 0.1) is 6.92 Å². The molecule has 0 saturated carbocycles. The van der Waals surface area contributed by atoms with E-state index in [9.17, 15) is 14.4 Å². The van der Waals surface area contributed by atoms with E-state index in [0.29, 0.717) is 58.3 Å². The monoisotopic (exact) mass is 487 g/mol. The van der Waals surface area contributed by atoms with Gasteiger partial charge in [-0.05, 0) is 57.4 Å². The van der Waals surface area contributed by atoms with Crippen LogP contribution < -0.4 is 20.3 Å². The number of ether oxygens (including phenoxy) is 3. The van der Waals surface area contributed by atoms with E-state index in [-0.39, 0.29) is 24.6 Å². The number of aromatic nitrogens is 2. The van der Waals surface area contributed by atoms with Gasteiger partial charge < -0.3 is 19.5 Å². The Morgan fingerprint density at radius 1 is 1.09 bits per heavy atom. The lowest BCUT2D eigenvalue weighted by Crippen LogP contribution is -2.33. The van der Waals surface area contributed by atoms with Crippen LogP contribution in [0.1, 0.15) is 41.6 Å². The van der Waals surface area contributed by atoms with Gasteiger partial charge in [-0.1, -0.05) is 6.07 Å². The number of hydrogen-bond acceptors (Lipinski definition) is 8. The molecule has 10 heteroatoms. The molecule has 182 valence electrons. The van der Waals surface area contributed by atoms with E-state index in [1.54, 1.807) is 13.8 Å².